The van der Waals surface area contributed by atoms with E-state index in [1.165, 1.54) is 24.6 Å². The molecule has 0 bridgehead atoms. The Morgan fingerprint density at radius 2 is 2.05 bits per heavy atom. The van der Waals surface area contributed by atoms with E-state index < -0.39 is 0 Å². The zero-order valence-corrected chi connectivity index (χ0v) is 13.8. The number of hydrogen-bond acceptors (Lipinski definition) is 3. The van der Waals surface area contributed by atoms with Crippen LogP contribution in [0.25, 0.3) is 11.0 Å². The van der Waals surface area contributed by atoms with Crippen molar-refractivity contribution in [3.8, 4) is 0 Å². The fourth-order valence-electron chi connectivity index (χ4n) is 2.15. The molecule has 2 rings (SSSR count). The quantitative estimate of drug-likeness (QED) is 0.581. The highest BCUT2D eigenvalue weighted by molar-refractivity contribution is 7.99. The van der Waals surface area contributed by atoms with Gasteiger partial charge < -0.3 is 9.47 Å². The van der Waals surface area contributed by atoms with E-state index in [9.17, 15) is 4.79 Å². The molecule has 5 heteroatoms. The van der Waals surface area contributed by atoms with E-state index in [1.54, 1.807) is 19.0 Å². The van der Waals surface area contributed by atoms with Gasteiger partial charge in [-0.1, -0.05) is 43.7 Å². The first-order valence-electron chi connectivity index (χ1n) is 7.41. The van der Waals surface area contributed by atoms with Crippen LogP contribution < -0.4 is 0 Å². The van der Waals surface area contributed by atoms with Gasteiger partial charge in [-0.2, -0.15) is 0 Å². The molecule has 0 unspecified atom stereocenters. The number of para-hydroxylation sites is 2. The Morgan fingerprint density at radius 3 is 2.76 bits per heavy atom. The Morgan fingerprint density at radius 1 is 1.29 bits per heavy atom. The summed E-state index contributed by atoms with van der Waals surface area (Å²) in [5.74, 6) is 0.552. The molecule has 1 aromatic carbocycles. The van der Waals surface area contributed by atoms with Gasteiger partial charge in [-0.25, -0.2) is 4.98 Å². The topological polar surface area (TPSA) is 38.1 Å². The van der Waals surface area contributed by atoms with Crippen LogP contribution in [0.1, 0.15) is 26.2 Å². The number of aromatic nitrogens is 2. The molecule has 0 aliphatic rings. The second kappa shape index (κ2) is 7.50. The van der Waals surface area contributed by atoms with Crippen LogP contribution in [-0.4, -0.2) is 40.2 Å². The van der Waals surface area contributed by atoms with Crippen molar-refractivity contribution in [3.63, 3.8) is 0 Å². The Balaban J connectivity index is 2.20. The molecule has 0 saturated heterocycles. The minimum atomic E-state index is 0.118. The molecule has 1 heterocycles. The smallest absolute Gasteiger partial charge is 0.232 e. The fourth-order valence-corrected chi connectivity index (χ4v) is 3.17. The van der Waals surface area contributed by atoms with Crippen LogP contribution >= 0.6 is 11.8 Å². The van der Waals surface area contributed by atoms with Crippen molar-refractivity contribution in [3.05, 3.63) is 24.3 Å². The predicted octanol–water partition coefficient (Wildman–Crippen LogP) is 3.41. The summed E-state index contributed by atoms with van der Waals surface area (Å²) < 4.78 is 2.25. The van der Waals surface area contributed by atoms with Gasteiger partial charge in [0.25, 0.3) is 0 Å². The van der Waals surface area contributed by atoms with Gasteiger partial charge in [-0.15, -0.1) is 0 Å². The summed E-state index contributed by atoms with van der Waals surface area (Å²) in [7, 11) is 3.57. The van der Waals surface area contributed by atoms with Crippen LogP contribution in [0.4, 0.5) is 0 Å². The van der Waals surface area contributed by atoms with Crippen molar-refractivity contribution in [1.82, 2.24) is 14.5 Å². The van der Waals surface area contributed by atoms with Gasteiger partial charge in [0.15, 0.2) is 5.16 Å². The molecule has 1 aromatic heterocycles. The molecule has 0 radical (unpaired) electrons. The van der Waals surface area contributed by atoms with Crippen molar-refractivity contribution in [2.75, 3.05) is 19.8 Å². The first-order valence-corrected chi connectivity index (χ1v) is 8.40. The summed E-state index contributed by atoms with van der Waals surface area (Å²) >= 11 is 1.53. The van der Waals surface area contributed by atoms with Gasteiger partial charge in [0.05, 0.1) is 16.8 Å². The minimum Gasteiger partial charge on any atom is -0.348 e. The van der Waals surface area contributed by atoms with Crippen LogP contribution in [0.5, 0.6) is 0 Å². The minimum absolute atomic E-state index is 0.118. The average Bonchev–Trinajstić information content (AvgIpc) is 2.83. The largest absolute Gasteiger partial charge is 0.348 e. The van der Waals surface area contributed by atoms with E-state index in [-0.39, 0.29) is 5.91 Å². The summed E-state index contributed by atoms with van der Waals surface area (Å²) in [6.45, 7) is 3.17. The van der Waals surface area contributed by atoms with E-state index >= 15 is 0 Å². The number of amides is 1. The number of unbranched alkanes of at least 4 members (excludes halogenated alkanes) is 2. The van der Waals surface area contributed by atoms with Crippen molar-refractivity contribution in [2.24, 2.45) is 0 Å². The van der Waals surface area contributed by atoms with E-state index in [0.717, 1.165) is 29.2 Å². The standard InChI is InChI=1S/C16H23N3OS/c1-4-5-8-11-19-14-10-7-6-9-13(14)17-16(19)21-12-15(20)18(2)3/h6-7,9-10H,4-5,8,11-12H2,1-3H3. The number of aryl methyl sites for hydroxylation is 1. The monoisotopic (exact) mass is 305 g/mol. The molecule has 0 aliphatic carbocycles. The van der Waals surface area contributed by atoms with E-state index in [1.807, 2.05) is 18.2 Å². The molecule has 1 amide bonds. The average molecular weight is 305 g/mol. The summed E-state index contributed by atoms with van der Waals surface area (Å²) in [6.07, 6.45) is 3.56. The van der Waals surface area contributed by atoms with Crippen LogP contribution in [-0.2, 0) is 11.3 Å². The van der Waals surface area contributed by atoms with E-state index in [0.29, 0.717) is 5.75 Å². The van der Waals surface area contributed by atoms with E-state index in [2.05, 4.69) is 22.5 Å². The number of rotatable bonds is 7. The van der Waals surface area contributed by atoms with E-state index in [4.69, 9.17) is 0 Å². The lowest BCUT2D eigenvalue weighted by molar-refractivity contribution is -0.125. The first kappa shape index (κ1) is 15.9. The van der Waals surface area contributed by atoms with Crippen molar-refractivity contribution in [2.45, 2.75) is 37.9 Å². The first-order chi connectivity index (χ1) is 10.1. The maximum atomic E-state index is 11.8. The van der Waals surface area contributed by atoms with Gasteiger partial charge in [0.1, 0.15) is 0 Å². The molecule has 0 N–H and O–H groups in total. The zero-order valence-electron chi connectivity index (χ0n) is 13.0. The third-order valence-corrected chi connectivity index (χ3v) is 4.39. The number of carbonyl (C=O) groups excluding carboxylic acids is 1. The molecule has 21 heavy (non-hydrogen) atoms. The predicted molar refractivity (Wildman–Crippen MR) is 88.7 cm³/mol. The van der Waals surface area contributed by atoms with Gasteiger partial charge in [0, 0.05) is 20.6 Å². The molecule has 0 atom stereocenters. The lowest BCUT2D eigenvalue weighted by atomic mass is 10.2. The van der Waals surface area contributed by atoms with Crippen molar-refractivity contribution >= 4 is 28.7 Å². The maximum Gasteiger partial charge on any atom is 0.232 e. The SMILES string of the molecule is CCCCCn1c(SCC(=O)N(C)C)nc2ccccc21. The Hall–Kier alpha value is -1.49. The van der Waals surface area contributed by atoms with Crippen LogP contribution in [0.15, 0.2) is 29.4 Å². The number of fused-ring (bicyclic) bond motifs is 1. The van der Waals surface area contributed by atoms with Gasteiger partial charge in [-0.3, -0.25) is 4.79 Å². The highest BCUT2D eigenvalue weighted by Gasteiger charge is 2.13. The molecule has 0 aliphatic heterocycles. The maximum absolute atomic E-state index is 11.8. The molecule has 0 saturated carbocycles. The number of hydrogen-bond donors (Lipinski definition) is 0. The third kappa shape index (κ3) is 4.00. The highest BCUT2D eigenvalue weighted by Crippen LogP contribution is 2.24. The Kier molecular flexibility index (Phi) is 5.67. The highest BCUT2D eigenvalue weighted by atomic mass is 32.2. The number of thioether (sulfide) groups is 1. The fraction of sp³-hybridized carbons (Fsp3) is 0.500. The van der Waals surface area contributed by atoms with Gasteiger partial charge >= 0.3 is 0 Å². The van der Waals surface area contributed by atoms with Crippen molar-refractivity contribution in [1.29, 1.82) is 0 Å². The normalized spacial score (nSPS) is 11.0. The molecular weight excluding hydrogens is 282 g/mol. The van der Waals surface area contributed by atoms with Gasteiger partial charge in [0.2, 0.25) is 5.91 Å². The lowest BCUT2D eigenvalue weighted by Crippen LogP contribution is -2.23. The number of benzene rings is 1. The third-order valence-electron chi connectivity index (χ3n) is 3.43. The number of carbonyl (C=O) groups is 1. The molecule has 0 spiro atoms. The molecular formula is C16H23N3OS. The summed E-state index contributed by atoms with van der Waals surface area (Å²) in [5, 5.41) is 0.947. The Labute approximate surface area is 130 Å². The molecule has 4 nitrogen and oxygen atoms in total. The van der Waals surface area contributed by atoms with Crippen molar-refractivity contribution < 1.29 is 4.79 Å². The van der Waals surface area contributed by atoms with Crippen LogP contribution in [0, 0.1) is 0 Å². The number of nitrogens with zero attached hydrogens (tertiary/aromatic N) is 3. The zero-order chi connectivity index (χ0) is 15.2. The summed E-state index contributed by atoms with van der Waals surface area (Å²) in [6, 6.07) is 8.18. The Bertz CT molecular complexity index is 607. The molecule has 114 valence electrons. The second-order valence-corrected chi connectivity index (χ2v) is 6.26. The number of imidazole rings is 1. The van der Waals surface area contributed by atoms with Gasteiger partial charge in [-0.05, 0) is 18.6 Å². The van der Waals surface area contributed by atoms with Crippen LogP contribution in [0.3, 0.4) is 0 Å². The second-order valence-electron chi connectivity index (χ2n) is 5.32. The summed E-state index contributed by atoms with van der Waals surface area (Å²) in [5.41, 5.74) is 2.17. The molecule has 2 aromatic rings. The lowest BCUT2D eigenvalue weighted by Gasteiger charge is -2.11. The molecule has 0 fully saturated rings. The van der Waals surface area contributed by atoms with Crippen LogP contribution in [0.2, 0.25) is 0 Å². The summed E-state index contributed by atoms with van der Waals surface area (Å²) in [4.78, 5) is 18.1.